The van der Waals surface area contributed by atoms with Crippen molar-refractivity contribution >= 4 is 5.91 Å². The molecular weight excluding hydrogens is 216 g/mol. The van der Waals surface area contributed by atoms with Gasteiger partial charge in [-0.3, -0.25) is 9.48 Å². The number of amides is 1. The highest BCUT2D eigenvalue weighted by atomic mass is 16.1. The van der Waals surface area contributed by atoms with E-state index in [9.17, 15) is 4.79 Å². The number of nitrogens with zero attached hydrogens (tertiary/aromatic N) is 2. The monoisotopic (exact) mass is 238 g/mol. The summed E-state index contributed by atoms with van der Waals surface area (Å²) in [5, 5.41) is 10.1. The lowest BCUT2D eigenvalue weighted by Crippen LogP contribution is -2.24. The minimum Gasteiger partial charge on any atom is -0.359 e. The zero-order valence-corrected chi connectivity index (χ0v) is 11.1. The van der Waals surface area contributed by atoms with Crippen molar-refractivity contribution in [3.8, 4) is 0 Å². The second kappa shape index (κ2) is 5.82. The van der Waals surface area contributed by atoms with E-state index in [0.29, 0.717) is 13.0 Å². The standard InChI is InChI=1S/C12H22N4O/c1-12(2,3)16-9-10(8-15-16)7-14-6-5-11(17)13-4/h8-9,14H,5-7H2,1-4H3,(H,13,17). The largest absolute Gasteiger partial charge is 0.359 e. The van der Waals surface area contributed by atoms with Crippen LogP contribution in [0.4, 0.5) is 0 Å². The van der Waals surface area contributed by atoms with Gasteiger partial charge in [-0.05, 0) is 20.8 Å². The van der Waals surface area contributed by atoms with E-state index in [1.807, 2.05) is 17.1 Å². The lowest BCUT2D eigenvalue weighted by atomic mass is 10.1. The van der Waals surface area contributed by atoms with Crippen LogP contribution < -0.4 is 10.6 Å². The first-order valence-electron chi connectivity index (χ1n) is 5.89. The van der Waals surface area contributed by atoms with E-state index in [0.717, 1.165) is 12.1 Å². The maximum Gasteiger partial charge on any atom is 0.221 e. The number of carbonyl (C=O) groups excluding carboxylic acids is 1. The summed E-state index contributed by atoms with van der Waals surface area (Å²) >= 11 is 0. The molecule has 96 valence electrons. The summed E-state index contributed by atoms with van der Waals surface area (Å²) in [6, 6.07) is 0. The molecule has 1 aromatic rings. The van der Waals surface area contributed by atoms with Gasteiger partial charge in [0.1, 0.15) is 0 Å². The quantitative estimate of drug-likeness (QED) is 0.748. The van der Waals surface area contributed by atoms with Crippen molar-refractivity contribution in [2.45, 2.75) is 39.3 Å². The smallest absolute Gasteiger partial charge is 0.221 e. The fraction of sp³-hybridized carbons (Fsp3) is 0.667. The van der Waals surface area contributed by atoms with Crippen molar-refractivity contribution in [1.82, 2.24) is 20.4 Å². The molecule has 1 aromatic heterocycles. The number of rotatable bonds is 5. The van der Waals surface area contributed by atoms with Gasteiger partial charge in [0.15, 0.2) is 0 Å². The number of hydrogen-bond acceptors (Lipinski definition) is 3. The molecule has 0 saturated heterocycles. The van der Waals surface area contributed by atoms with Crippen LogP contribution in [0.1, 0.15) is 32.8 Å². The summed E-state index contributed by atoms with van der Waals surface area (Å²) in [4.78, 5) is 11.0. The Morgan fingerprint density at radius 2 is 2.18 bits per heavy atom. The van der Waals surface area contributed by atoms with Crippen LogP contribution in [0.5, 0.6) is 0 Å². The van der Waals surface area contributed by atoms with E-state index in [4.69, 9.17) is 0 Å². The second-order valence-electron chi connectivity index (χ2n) is 5.06. The Morgan fingerprint density at radius 3 is 2.71 bits per heavy atom. The van der Waals surface area contributed by atoms with Crippen LogP contribution >= 0.6 is 0 Å². The molecule has 0 spiro atoms. The molecule has 0 unspecified atom stereocenters. The first kappa shape index (κ1) is 13.7. The Hall–Kier alpha value is -1.36. The minimum atomic E-state index is 0.0142. The van der Waals surface area contributed by atoms with Crippen molar-refractivity contribution < 1.29 is 4.79 Å². The molecule has 0 aliphatic carbocycles. The topological polar surface area (TPSA) is 59.0 Å². The zero-order chi connectivity index (χ0) is 12.9. The molecule has 0 saturated carbocycles. The van der Waals surface area contributed by atoms with Gasteiger partial charge in [0.25, 0.3) is 0 Å². The average Bonchev–Trinajstić information content (AvgIpc) is 2.72. The SMILES string of the molecule is CNC(=O)CCNCc1cnn(C(C)(C)C)c1. The Labute approximate surface area is 103 Å². The number of nitrogens with one attached hydrogen (secondary N) is 2. The molecule has 5 nitrogen and oxygen atoms in total. The summed E-state index contributed by atoms with van der Waals surface area (Å²) in [6.07, 6.45) is 4.40. The minimum absolute atomic E-state index is 0.0142. The zero-order valence-electron chi connectivity index (χ0n) is 11.1. The molecule has 0 aliphatic rings. The van der Waals surface area contributed by atoms with Gasteiger partial charge >= 0.3 is 0 Å². The van der Waals surface area contributed by atoms with Gasteiger partial charge in [0.05, 0.1) is 11.7 Å². The predicted molar refractivity (Wildman–Crippen MR) is 67.6 cm³/mol. The Kier molecular flexibility index (Phi) is 4.69. The Bertz CT molecular complexity index is 365. The van der Waals surface area contributed by atoms with Crippen molar-refractivity contribution in [2.24, 2.45) is 0 Å². The van der Waals surface area contributed by atoms with Crippen LogP contribution in [0, 0.1) is 0 Å². The van der Waals surface area contributed by atoms with Crippen LogP contribution in [0.25, 0.3) is 0 Å². The number of aromatic nitrogens is 2. The van der Waals surface area contributed by atoms with E-state index in [1.54, 1.807) is 7.05 Å². The second-order valence-corrected chi connectivity index (χ2v) is 5.06. The average molecular weight is 238 g/mol. The summed E-state index contributed by atoms with van der Waals surface area (Å²) in [5.41, 5.74) is 1.15. The van der Waals surface area contributed by atoms with Crippen LogP contribution in [-0.4, -0.2) is 29.3 Å². The maximum absolute atomic E-state index is 11.0. The lowest BCUT2D eigenvalue weighted by molar-refractivity contribution is -0.120. The molecule has 0 bridgehead atoms. The summed E-state index contributed by atoms with van der Waals surface area (Å²) in [5.74, 6) is 0.0582. The molecule has 0 fully saturated rings. The summed E-state index contributed by atoms with van der Waals surface area (Å²) < 4.78 is 1.95. The third-order valence-corrected chi connectivity index (χ3v) is 2.46. The van der Waals surface area contributed by atoms with Crippen LogP contribution in [-0.2, 0) is 16.9 Å². The summed E-state index contributed by atoms with van der Waals surface area (Å²) in [7, 11) is 1.65. The molecule has 17 heavy (non-hydrogen) atoms. The van der Waals surface area contributed by atoms with Crippen LogP contribution in [0.3, 0.4) is 0 Å². The van der Waals surface area contributed by atoms with Crippen molar-refractivity contribution in [3.05, 3.63) is 18.0 Å². The van der Waals surface area contributed by atoms with Gasteiger partial charge in [0.2, 0.25) is 5.91 Å². The summed E-state index contributed by atoms with van der Waals surface area (Å²) in [6.45, 7) is 7.77. The van der Waals surface area contributed by atoms with Gasteiger partial charge in [-0.2, -0.15) is 5.10 Å². The third-order valence-electron chi connectivity index (χ3n) is 2.46. The highest BCUT2D eigenvalue weighted by Crippen LogP contribution is 2.12. The molecule has 2 N–H and O–H groups in total. The molecular formula is C12H22N4O. The highest BCUT2D eigenvalue weighted by molar-refractivity contribution is 5.75. The Balaban J connectivity index is 2.33. The lowest BCUT2D eigenvalue weighted by Gasteiger charge is -2.18. The molecule has 1 amide bonds. The van der Waals surface area contributed by atoms with Gasteiger partial charge < -0.3 is 10.6 Å². The number of carbonyl (C=O) groups is 1. The predicted octanol–water partition coefficient (Wildman–Crippen LogP) is 0.864. The fourth-order valence-electron chi connectivity index (χ4n) is 1.38. The van der Waals surface area contributed by atoms with Crippen molar-refractivity contribution in [2.75, 3.05) is 13.6 Å². The first-order valence-corrected chi connectivity index (χ1v) is 5.89. The van der Waals surface area contributed by atoms with Gasteiger partial charge in [-0.1, -0.05) is 0 Å². The van der Waals surface area contributed by atoms with E-state index < -0.39 is 0 Å². The molecule has 0 radical (unpaired) electrons. The van der Waals surface area contributed by atoms with E-state index in [2.05, 4.69) is 36.5 Å². The van der Waals surface area contributed by atoms with E-state index >= 15 is 0 Å². The molecule has 0 aliphatic heterocycles. The molecule has 1 rings (SSSR count). The molecule has 0 atom stereocenters. The first-order chi connectivity index (χ1) is 7.93. The van der Waals surface area contributed by atoms with Gasteiger partial charge in [-0.25, -0.2) is 0 Å². The van der Waals surface area contributed by atoms with Gasteiger partial charge in [0, 0.05) is 38.3 Å². The maximum atomic E-state index is 11.0. The van der Waals surface area contributed by atoms with Gasteiger partial charge in [-0.15, -0.1) is 0 Å². The highest BCUT2D eigenvalue weighted by Gasteiger charge is 2.13. The molecule has 5 heteroatoms. The normalized spacial score (nSPS) is 11.5. The number of hydrogen-bond donors (Lipinski definition) is 2. The van der Waals surface area contributed by atoms with Crippen molar-refractivity contribution in [1.29, 1.82) is 0 Å². The van der Waals surface area contributed by atoms with Crippen LogP contribution in [0.2, 0.25) is 0 Å². The third kappa shape index (κ3) is 4.56. The molecule has 1 heterocycles. The van der Waals surface area contributed by atoms with Crippen LogP contribution in [0.15, 0.2) is 12.4 Å². The molecule has 0 aromatic carbocycles. The van der Waals surface area contributed by atoms with E-state index in [-0.39, 0.29) is 11.4 Å². The van der Waals surface area contributed by atoms with Crippen molar-refractivity contribution in [3.63, 3.8) is 0 Å². The van der Waals surface area contributed by atoms with E-state index in [1.165, 1.54) is 0 Å². The Morgan fingerprint density at radius 1 is 1.47 bits per heavy atom. The fourth-order valence-corrected chi connectivity index (χ4v) is 1.38.